The number of nitrogens with zero attached hydrogens (tertiary/aromatic N) is 1. The van der Waals surface area contributed by atoms with Gasteiger partial charge in [-0.2, -0.15) is 5.26 Å². The molecule has 1 rings (SSSR count). The summed E-state index contributed by atoms with van der Waals surface area (Å²) in [5, 5.41) is 8.49. The number of ether oxygens (including phenoxy) is 1. The molecule has 0 saturated carbocycles. The first-order valence-corrected chi connectivity index (χ1v) is 6.64. The number of hydrogen-bond acceptors (Lipinski definition) is 5. The predicted molar refractivity (Wildman–Crippen MR) is 60.0 cm³/mol. The molecule has 0 radical (unpaired) electrons. The first-order chi connectivity index (χ1) is 7.84. The molecule has 0 saturated heterocycles. The van der Waals surface area contributed by atoms with Crippen molar-refractivity contribution in [3.05, 3.63) is 29.8 Å². The quantitative estimate of drug-likeness (QED) is 0.755. The highest BCUT2D eigenvalue weighted by Gasteiger charge is 2.14. The van der Waals surface area contributed by atoms with Crippen LogP contribution < -0.4 is 0 Å². The monoisotopic (exact) mass is 253 g/mol. The van der Waals surface area contributed by atoms with Crippen LogP contribution in [0.2, 0.25) is 0 Å². The van der Waals surface area contributed by atoms with Gasteiger partial charge in [0.2, 0.25) is 0 Å². The molecule has 0 aliphatic rings. The van der Waals surface area contributed by atoms with E-state index in [2.05, 4.69) is 0 Å². The predicted octanol–water partition coefficient (Wildman–Crippen LogP) is 1.16. The Bertz CT molecular complexity index is 571. The number of benzene rings is 1. The number of carbonyl (C=O) groups is 1. The zero-order chi connectivity index (χ0) is 13.1. The van der Waals surface area contributed by atoms with E-state index < -0.39 is 21.9 Å². The van der Waals surface area contributed by atoms with Crippen LogP contribution in [0, 0.1) is 11.3 Å². The number of carbonyl (C=O) groups excluding carboxylic acids is 1. The topological polar surface area (TPSA) is 84.2 Å². The van der Waals surface area contributed by atoms with Crippen molar-refractivity contribution in [1.29, 1.82) is 5.26 Å². The fourth-order valence-corrected chi connectivity index (χ4v) is 1.78. The van der Waals surface area contributed by atoms with E-state index in [0.717, 1.165) is 6.26 Å². The summed E-state index contributed by atoms with van der Waals surface area (Å²) < 4.78 is 27.3. The summed E-state index contributed by atoms with van der Waals surface area (Å²) in [6.45, 7) is 1.43. The van der Waals surface area contributed by atoms with Gasteiger partial charge >= 0.3 is 5.97 Å². The van der Waals surface area contributed by atoms with Crippen molar-refractivity contribution in [3.8, 4) is 6.07 Å². The lowest BCUT2D eigenvalue weighted by atomic mass is 10.2. The third-order valence-electron chi connectivity index (χ3n) is 1.96. The van der Waals surface area contributed by atoms with Crippen molar-refractivity contribution in [2.75, 3.05) is 6.26 Å². The Labute approximate surface area is 99.5 Å². The standard InChI is InChI=1S/C11H11NO4S/c1-8(7-12)16-11(13)9-4-3-5-10(6-9)17(2,14)15/h3-6,8H,1-2H3/t8-/m1/s1. The van der Waals surface area contributed by atoms with Gasteiger partial charge in [-0.25, -0.2) is 13.2 Å². The molecule has 0 amide bonds. The number of hydrogen-bond donors (Lipinski definition) is 0. The lowest BCUT2D eigenvalue weighted by molar-refractivity contribution is 0.0435. The van der Waals surface area contributed by atoms with Crippen molar-refractivity contribution >= 4 is 15.8 Å². The van der Waals surface area contributed by atoms with Gasteiger partial charge in [-0.15, -0.1) is 0 Å². The minimum Gasteiger partial charge on any atom is -0.444 e. The van der Waals surface area contributed by atoms with Crippen molar-refractivity contribution in [3.63, 3.8) is 0 Å². The maximum Gasteiger partial charge on any atom is 0.339 e. The highest BCUT2D eigenvalue weighted by atomic mass is 32.2. The first-order valence-electron chi connectivity index (χ1n) is 4.75. The van der Waals surface area contributed by atoms with Crippen LogP contribution in [0.1, 0.15) is 17.3 Å². The highest BCUT2D eigenvalue weighted by Crippen LogP contribution is 2.12. The second-order valence-corrected chi connectivity index (χ2v) is 5.49. The molecule has 1 aromatic rings. The van der Waals surface area contributed by atoms with Crippen LogP contribution in [0.25, 0.3) is 0 Å². The Morgan fingerprint density at radius 1 is 1.47 bits per heavy atom. The van der Waals surface area contributed by atoms with Gasteiger partial charge in [-0.3, -0.25) is 0 Å². The molecule has 1 aromatic carbocycles. The summed E-state index contributed by atoms with van der Waals surface area (Å²) in [7, 11) is -3.37. The van der Waals surface area contributed by atoms with E-state index in [1.54, 1.807) is 6.07 Å². The molecule has 0 aliphatic heterocycles. The maximum atomic E-state index is 11.5. The van der Waals surface area contributed by atoms with Crippen molar-refractivity contribution < 1.29 is 17.9 Å². The van der Waals surface area contributed by atoms with Crippen LogP contribution in [0.15, 0.2) is 29.2 Å². The number of sulfone groups is 1. The van der Waals surface area contributed by atoms with Crippen molar-refractivity contribution in [1.82, 2.24) is 0 Å². The molecule has 6 heteroatoms. The summed E-state index contributed by atoms with van der Waals surface area (Å²) >= 11 is 0. The van der Waals surface area contributed by atoms with E-state index in [1.165, 1.54) is 31.2 Å². The lowest BCUT2D eigenvalue weighted by Crippen LogP contribution is -2.13. The van der Waals surface area contributed by atoms with Crippen LogP contribution in [0.5, 0.6) is 0 Å². The summed E-state index contributed by atoms with van der Waals surface area (Å²) in [5.41, 5.74) is 0.107. The zero-order valence-corrected chi connectivity index (χ0v) is 10.2. The van der Waals surface area contributed by atoms with Gasteiger partial charge in [0.15, 0.2) is 15.9 Å². The molecule has 5 nitrogen and oxygen atoms in total. The fraction of sp³-hybridized carbons (Fsp3) is 0.273. The van der Waals surface area contributed by atoms with E-state index >= 15 is 0 Å². The highest BCUT2D eigenvalue weighted by molar-refractivity contribution is 7.90. The fourth-order valence-electron chi connectivity index (χ4n) is 1.11. The normalized spacial score (nSPS) is 12.5. The molecular weight excluding hydrogens is 242 g/mol. The Morgan fingerprint density at radius 3 is 2.65 bits per heavy atom. The number of esters is 1. The molecule has 0 aliphatic carbocycles. The Kier molecular flexibility index (Phi) is 3.86. The first kappa shape index (κ1) is 13.2. The zero-order valence-electron chi connectivity index (χ0n) is 9.38. The molecule has 1 atom stereocenters. The van der Waals surface area contributed by atoms with Crippen molar-refractivity contribution in [2.24, 2.45) is 0 Å². The summed E-state index contributed by atoms with van der Waals surface area (Å²) in [5.74, 6) is -0.718. The largest absolute Gasteiger partial charge is 0.444 e. The van der Waals surface area contributed by atoms with E-state index in [0.29, 0.717) is 0 Å². The average Bonchev–Trinajstić information content (AvgIpc) is 2.28. The third kappa shape index (κ3) is 3.57. The van der Waals surface area contributed by atoms with E-state index in [-0.39, 0.29) is 10.5 Å². The molecule has 0 fully saturated rings. The minimum atomic E-state index is -3.37. The van der Waals surface area contributed by atoms with Gasteiger partial charge in [0.05, 0.1) is 10.5 Å². The SMILES string of the molecule is C[C@H](C#N)OC(=O)c1cccc(S(C)(=O)=O)c1. The van der Waals surface area contributed by atoms with Gasteiger partial charge < -0.3 is 4.74 Å². The second-order valence-electron chi connectivity index (χ2n) is 3.48. The Morgan fingerprint density at radius 2 is 2.12 bits per heavy atom. The molecule has 0 N–H and O–H groups in total. The maximum absolute atomic E-state index is 11.5. The lowest BCUT2D eigenvalue weighted by Gasteiger charge is -2.06. The molecular formula is C11H11NO4S. The van der Waals surface area contributed by atoms with Crippen LogP contribution in [0.4, 0.5) is 0 Å². The van der Waals surface area contributed by atoms with Crippen LogP contribution in [-0.2, 0) is 14.6 Å². The minimum absolute atomic E-state index is 0.0385. The third-order valence-corrected chi connectivity index (χ3v) is 3.07. The van der Waals surface area contributed by atoms with E-state index in [4.69, 9.17) is 10.00 Å². The molecule has 17 heavy (non-hydrogen) atoms. The van der Waals surface area contributed by atoms with Crippen LogP contribution in [0.3, 0.4) is 0 Å². The molecule has 0 heterocycles. The van der Waals surface area contributed by atoms with Crippen LogP contribution >= 0.6 is 0 Å². The summed E-state index contributed by atoms with van der Waals surface area (Å²) in [6, 6.07) is 7.24. The molecule has 0 aromatic heterocycles. The van der Waals surface area contributed by atoms with Gasteiger partial charge in [0.1, 0.15) is 6.07 Å². The molecule has 0 unspecified atom stereocenters. The van der Waals surface area contributed by atoms with E-state index in [9.17, 15) is 13.2 Å². The summed E-state index contributed by atoms with van der Waals surface area (Å²) in [4.78, 5) is 11.6. The van der Waals surface area contributed by atoms with Crippen molar-refractivity contribution in [2.45, 2.75) is 17.9 Å². The molecule has 0 bridgehead atoms. The van der Waals surface area contributed by atoms with Gasteiger partial charge in [-0.05, 0) is 25.1 Å². The van der Waals surface area contributed by atoms with Gasteiger partial charge in [-0.1, -0.05) is 6.07 Å². The van der Waals surface area contributed by atoms with Crippen LogP contribution in [-0.4, -0.2) is 26.7 Å². The second kappa shape index (κ2) is 4.97. The number of nitriles is 1. The molecule has 90 valence electrons. The Hall–Kier alpha value is -1.87. The Balaban J connectivity index is 3.02. The van der Waals surface area contributed by atoms with Gasteiger partial charge in [0.25, 0.3) is 0 Å². The number of rotatable bonds is 3. The smallest absolute Gasteiger partial charge is 0.339 e. The average molecular weight is 253 g/mol. The molecule has 0 spiro atoms. The van der Waals surface area contributed by atoms with Gasteiger partial charge in [0, 0.05) is 6.26 Å². The summed E-state index contributed by atoms with van der Waals surface area (Å²) in [6.07, 6.45) is 0.180. The van der Waals surface area contributed by atoms with E-state index in [1.807, 2.05) is 0 Å².